The van der Waals surface area contributed by atoms with E-state index in [4.69, 9.17) is 10.8 Å². The lowest BCUT2D eigenvalue weighted by atomic mass is 10.1. The molecule has 1 aromatic rings. The molecule has 0 spiro atoms. The summed E-state index contributed by atoms with van der Waals surface area (Å²) in [5, 5.41) is 8.78. The molecule has 0 fully saturated rings. The van der Waals surface area contributed by atoms with E-state index in [0.717, 1.165) is 11.3 Å². The third kappa shape index (κ3) is 2.72. The van der Waals surface area contributed by atoms with Crippen LogP contribution in [-0.2, 0) is 0 Å². The monoisotopic (exact) mass is 194 g/mol. The Morgan fingerprint density at radius 2 is 1.93 bits per heavy atom. The van der Waals surface area contributed by atoms with Gasteiger partial charge in [-0.05, 0) is 24.6 Å². The molecule has 0 bridgehead atoms. The second-order valence-corrected chi connectivity index (χ2v) is 3.53. The minimum atomic E-state index is 0.0761. The number of aliphatic hydroxyl groups excluding tert-OH is 1. The van der Waals surface area contributed by atoms with Crippen LogP contribution in [0.2, 0.25) is 0 Å². The van der Waals surface area contributed by atoms with Crippen molar-refractivity contribution in [3.05, 3.63) is 29.8 Å². The molecule has 0 heterocycles. The molecule has 14 heavy (non-hydrogen) atoms. The van der Waals surface area contributed by atoms with Crippen molar-refractivity contribution in [1.29, 1.82) is 0 Å². The first kappa shape index (κ1) is 11.0. The topological polar surface area (TPSA) is 49.5 Å². The number of nitrogens with two attached hydrogens (primary N) is 1. The van der Waals surface area contributed by atoms with E-state index in [1.165, 1.54) is 0 Å². The average Bonchev–Trinajstić information content (AvgIpc) is 2.18. The quantitative estimate of drug-likeness (QED) is 0.755. The van der Waals surface area contributed by atoms with E-state index in [1.54, 1.807) is 0 Å². The van der Waals surface area contributed by atoms with Gasteiger partial charge in [-0.25, -0.2) is 0 Å². The van der Waals surface area contributed by atoms with Crippen LogP contribution in [0.4, 0.5) is 5.69 Å². The van der Waals surface area contributed by atoms with E-state index in [1.807, 2.05) is 43.1 Å². The minimum Gasteiger partial charge on any atom is -0.395 e. The van der Waals surface area contributed by atoms with Crippen molar-refractivity contribution in [2.45, 2.75) is 13.0 Å². The van der Waals surface area contributed by atoms with Gasteiger partial charge in [-0.2, -0.15) is 0 Å². The molecule has 3 nitrogen and oxygen atoms in total. The summed E-state index contributed by atoms with van der Waals surface area (Å²) in [5.41, 5.74) is 7.98. The number of likely N-dealkylation sites (N-methyl/N-ethyl adjacent to an activating group) is 1. The summed E-state index contributed by atoms with van der Waals surface area (Å²) in [5.74, 6) is 0. The predicted molar refractivity (Wildman–Crippen MR) is 59.4 cm³/mol. The van der Waals surface area contributed by atoms with Crippen LogP contribution < -0.4 is 10.6 Å². The Bertz CT molecular complexity index is 269. The van der Waals surface area contributed by atoms with Crippen LogP contribution in [0.3, 0.4) is 0 Å². The number of benzene rings is 1. The van der Waals surface area contributed by atoms with E-state index >= 15 is 0 Å². The maximum absolute atomic E-state index is 8.78. The molecule has 0 aliphatic rings. The number of nitrogens with zero attached hydrogens (tertiary/aromatic N) is 1. The molecule has 0 amide bonds. The Labute approximate surface area is 85.2 Å². The van der Waals surface area contributed by atoms with Gasteiger partial charge in [-0.15, -0.1) is 0 Å². The van der Waals surface area contributed by atoms with Gasteiger partial charge in [0.2, 0.25) is 0 Å². The first-order chi connectivity index (χ1) is 6.65. The standard InChI is InChI=1S/C11H18N2O/c1-9(12)10-3-5-11(6-4-10)13(2)7-8-14/h3-6,9,14H,7-8,12H2,1-2H3. The van der Waals surface area contributed by atoms with Gasteiger partial charge in [0.15, 0.2) is 0 Å². The zero-order chi connectivity index (χ0) is 10.6. The van der Waals surface area contributed by atoms with Crippen molar-refractivity contribution in [2.75, 3.05) is 25.1 Å². The highest BCUT2D eigenvalue weighted by atomic mass is 16.3. The number of rotatable bonds is 4. The molecule has 0 saturated heterocycles. The van der Waals surface area contributed by atoms with E-state index in [-0.39, 0.29) is 12.6 Å². The number of anilines is 1. The van der Waals surface area contributed by atoms with Gasteiger partial charge < -0.3 is 15.7 Å². The zero-order valence-electron chi connectivity index (χ0n) is 8.77. The normalized spacial score (nSPS) is 12.6. The number of hydrogen-bond acceptors (Lipinski definition) is 3. The third-order valence-electron chi connectivity index (χ3n) is 2.30. The van der Waals surface area contributed by atoms with Crippen molar-refractivity contribution in [1.82, 2.24) is 0 Å². The molecule has 0 aromatic heterocycles. The van der Waals surface area contributed by atoms with E-state index in [0.29, 0.717) is 6.54 Å². The molecule has 0 radical (unpaired) electrons. The SMILES string of the molecule is CC(N)c1ccc(N(C)CCO)cc1. The lowest BCUT2D eigenvalue weighted by Crippen LogP contribution is -2.21. The van der Waals surface area contributed by atoms with E-state index in [9.17, 15) is 0 Å². The smallest absolute Gasteiger partial charge is 0.0606 e. The van der Waals surface area contributed by atoms with Crippen molar-refractivity contribution >= 4 is 5.69 Å². The summed E-state index contributed by atoms with van der Waals surface area (Å²) in [6, 6.07) is 8.16. The molecule has 1 aromatic carbocycles. The first-order valence-electron chi connectivity index (χ1n) is 4.82. The van der Waals surface area contributed by atoms with Gasteiger partial charge in [-0.1, -0.05) is 12.1 Å². The molecule has 1 atom stereocenters. The summed E-state index contributed by atoms with van der Waals surface area (Å²) in [4.78, 5) is 2.00. The van der Waals surface area contributed by atoms with Crippen molar-refractivity contribution in [3.63, 3.8) is 0 Å². The predicted octanol–water partition coefficient (Wildman–Crippen LogP) is 1.13. The fourth-order valence-electron chi connectivity index (χ4n) is 1.31. The van der Waals surface area contributed by atoms with Crippen LogP contribution in [0.15, 0.2) is 24.3 Å². The van der Waals surface area contributed by atoms with Crippen LogP contribution in [0, 0.1) is 0 Å². The van der Waals surface area contributed by atoms with Gasteiger partial charge in [-0.3, -0.25) is 0 Å². The summed E-state index contributed by atoms with van der Waals surface area (Å²) < 4.78 is 0. The average molecular weight is 194 g/mol. The van der Waals surface area contributed by atoms with Crippen molar-refractivity contribution < 1.29 is 5.11 Å². The Morgan fingerprint density at radius 1 is 1.36 bits per heavy atom. The Kier molecular flexibility index (Phi) is 3.92. The summed E-state index contributed by atoms with van der Waals surface area (Å²) in [7, 11) is 1.96. The maximum atomic E-state index is 8.78. The van der Waals surface area contributed by atoms with E-state index in [2.05, 4.69) is 0 Å². The molecular formula is C11H18N2O. The molecule has 0 aliphatic carbocycles. The maximum Gasteiger partial charge on any atom is 0.0606 e. The first-order valence-corrected chi connectivity index (χ1v) is 4.82. The molecule has 78 valence electrons. The van der Waals surface area contributed by atoms with Crippen LogP contribution >= 0.6 is 0 Å². The van der Waals surface area contributed by atoms with Crippen LogP contribution in [-0.4, -0.2) is 25.3 Å². The lowest BCUT2D eigenvalue weighted by Gasteiger charge is -2.18. The van der Waals surface area contributed by atoms with Gasteiger partial charge >= 0.3 is 0 Å². The highest BCUT2D eigenvalue weighted by molar-refractivity contribution is 5.47. The molecule has 1 unspecified atom stereocenters. The third-order valence-corrected chi connectivity index (χ3v) is 2.30. The molecule has 0 saturated carbocycles. The van der Waals surface area contributed by atoms with Crippen LogP contribution in [0.5, 0.6) is 0 Å². The summed E-state index contributed by atoms with van der Waals surface area (Å²) in [6.45, 7) is 2.79. The second kappa shape index (κ2) is 4.98. The highest BCUT2D eigenvalue weighted by Gasteiger charge is 2.01. The Balaban J connectivity index is 2.72. The van der Waals surface area contributed by atoms with Crippen molar-refractivity contribution in [3.8, 4) is 0 Å². The lowest BCUT2D eigenvalue weighted by molar-refractivity contribution is 0.304. The van der Waals surface area contributed by atoms with Crippen LogP contribution in [0.25, 0.3) is 0 Å². The second-order valence-electron chi connectivity index (χ2n) is 3.53. The minimum absolute atomic E-state index is 0.0761. The van der Waals surface area contributed by atoms with Crippen LogP contribution in [0.1, 0.15) is 18.5 Å². The summed E-state index contributed by atoms with van der Waals surface area (Å²) in [6.07, 6.45) is 0. The molecule has 1 rings (SSSR count). The van der Waals surface area contributed by atoms with E-state index < -0.39 is 0 Å². The largest absolute Gasteiger partial charge is 0.395 e. The number of aliphatic hydroxyl groups is 1. The number of hydrogen-bond donors (Lipinski definition) is 2. The van der Waals surface area contributed by atoms with Crippen molar-refractivity contribution in [2.24, 2.45) is 5.73 Å². The van der Waals surface area contributed by atoms with Gasteiger partial charge in [0.05, 0.1) is 6.61 Å². The summed E-state index contributed by atoms with van der Waals surface area (Å²) >= 11 is 0. The Hall–Kier alpha value is -1.06. The molecule has 3 heteroatoms. The van der Waals surface area contributed by atoms with Gasteiger partial charge in [0.25, 0.3) is 0 Å². The fraction of sp³-hybridized carbons (Fsp3) is 0.455. The fourth-order valence-corrected chi connectivity index (χ4v) is 1.31. The molecule has 3 N–H and O–H groups in total. The molecule has 0 aliphatic heterocycles. The van der Waals surface area contributed by atoms with Gasteiger partial charge in [0.1, 0.15) is 0 Å². The molecular weight excluding hydrogens is 176 g/mol. The highest BCUT2D eigenvalue weighted by Crippen LogP contribution is 2.16. The zero-order valence-corrected chi connectivity index (χ0v) is 8.77. The van der Waals surface area contributed by atoms with Gasteiger partial charge in [0, 0.05) is 25.3 Å². The Morgan fingerprint density at radius 3 is 2.36 bits per heavy atom.